The molecule has 0 saturated carbocycles. The van der Waals surface area contributed by atoms with Gasteiger partial charge >= 0.3 is 0 Å². The molecular weight excluding hydrogens is 260 g/mol. The first kappa shape index (κ1) is 14.2. The van der Waals surface area contributed by atoms with Gasteiger partial charge in [-0.15, -0.1) is 0 Å². The van der Waals surface area contributed by atoms with Crippen molar-refractivity contribution >= 4 is 11.6 Å². The summed E-state index contributed by atoms with van der Waals surface area (Å²) in [7, 11) is 1.58. The molecule has 1 N–H and O–H groups in total. The maximum absolute atomic E-state index is 11.8. The van der Waals surface area contributed by atoms with E-state index in [4.69, 9.17) is 9.47 Å². The van der Waals surface area contributed by atoms with Crippen LogP contribution in [-0.4, -0.2) is 47.6 Å². The van der Waals surface area contributed by atoms with Gasteiger partial charge in [0.25, 0.3) is 0 Å². The number of carbonyl (C=O) groups excluding carboxylic acids is 1. The highest BCUT2D eigenvalue weighted by molar-refractivity contribution is 5.93. The van der Waals surface area contributed by atoms with E-state index in [2.05, 4.69) is 15.4 Å². The third kappa shape index (κ3) is 3.87. The summed E-state index contributed by atoms with van der Waals surface area (Å²) >= 11 is 0. The van der Waals surface area contributed by atoms with Crippen LogP contribution in [0.15, 0.2) is 36.9 Å². The quantitative estimate of drug-likeness (QED) is 0.759. The van der Waals surface area contributed by atoms with Gasteiger partial charge in [0.2, 0.25) is 5.91 Å². The second-order valence-corrected chi connectivity index (χ2v) is 3.95. The van der Waals surface area contributed by atoms with Gasteiger partial charge in [-0.2, -0.15) is 5.10 Å². The van der Waals surface area contributed by atoms with Crippen LogP contribution in [0, 0.1) is 0 Å². The molecule has 7 heteroatoms. The molecule has 1 amide bonds. The van der Waals surface area contributed by atoms with Crippen molar-refractivity contribution < 1.29 is 14.3 Å². The Morgan fingerprint density at radius 3 is 2.95 bits per heavy atom. The monoisotopic (exact) mass is 276 g/mol. The number of carbonyl (C=O) groups is 1. The Bertz CT molecular complexity index is 542. The Hall–Kier alpha value is -2.25. The van der Waals surface area contributed by atoms with E-state index in [-0.39, 0.29) is 12.5 Å². The van der Waals surface area contributed by atoms with Crippen LogP contribution in [0.3, 0.4) is 0 Å². The Morgan fingerprint density at radius 2 is 2.20 bits per heavy atom. The minimum atomic E-state index is -0.228. The fraction of sp³-hybridized carbons (Fsp3) is 0.308. The van der Waals surface area contributed by atoms with Crippen molar-refractivity contribution in [1.29, 1.82) is 0 Å². The van der Waals surface area contributed by atoms with Crippen molar-refractivity contribution in [3.05, 3.63) is 36.9 Å². The zero-order valence-electron chi connectivity index (χ0n) is 11.2. The molecule has 1 aromatic carbocycles. The van der Waals surface area contributed by atoms with Gasteiger partial charge in [0.15, 0.2) is 0 Å². The molecule has 0 aliphatic rings. The Kier molecular flexibility index (Phi) is 5.22. The van der Waals surface area contributed by atoms with Gasteiger partial charge in [0.1, 0.15) is 19.3 Å². The van der Waals surface area contributed by atoms with Crippen LogP contribution in [0.4, 0.5) is 5.69 Å². The average Bonchev–Trinajstić information content (AvgIpc) is 2.98. The molecule has 0 bridgehead atoms. The fourth-order valence-electron chi connectivity index (χ4n) is 1.61. The van der Waals surface area contributed by atoms with E-state index in [1.165, 1.54) is 6.33 Å². The van der Waals surface area contributed by atoms with Crippen LogP contribution in [0.25, 0.3) is 5.69 Å². The number of benzene rings is 1. The summed E-state index contributed by atoms with van der Waals surface area (Å²) in [6.45, 7) is 0.826. The molecule has 106 valence electrons. The number of amides is 1. The van der Waals surface area contributed by atoms with Crippen molar-refractivity contribution in [1.82, 2.24) is 14.8 Å². The van der Waals surface area contributed by atoms with E-state index in [9.17, 15) is 4.79 Å². The summed E-state index contributed by atoms with van der Waals surface area (Å²) < 4.78 is 11.6. The molecule has 0 saturated heterocycles. The standard InChI is InChI=1S/C13H16N4O3/c1-19-6-7-20-8-13(18)16-11-4-2-3-5-12(11)17-10-14-9-15-17/h2-5,9-10H,6-8H2,1H3,(H,16,18). The topological polar surface area (TPSA) is 78.3 Å². The van der Waals surface area contributed by atoms with Gasteiger partial charge in [-0.3, -0.25) is 4.79 Å². The number of nitrogens with one attached hydrogen (secondary N) is 1. The molecule has 0 unspecified atom stereocenters. The normalized spacial score (nSPS) is 10.4. The highest BCUT2D eigenvalue weighted by atomic mass is 16.5. The van der Waals surface area contributed by atoms with E-state index < -0.39 is 0 Å². The lowest BCUT2D eigenvalue weighted by molar-refractivity contribution is -0.121. The van der Waals surface area contributed by atoms with Gasteiger partial charge in [-0.05, 0) is 12.1 Å². The van der Waals surface area contributed by atoms with Gasteiger partial charge in [0.05, 0.1) is 24.6 Å². The molecule has 0 radical (unpaired) electrons. The second kappa shape index (κ2) is 7.37. The molecule has 2 aromatic rings. The molecular formula is C13H16N4O3. The second-order valence-electron chi connectivity index (χ2n) is 3.95. The van der Waals surface area contributed by atoms with Crippen LogP contribution in [0.2, 0.25) is 0 Å². The number of methoxy groups -OCH3 is 1. The van der Waals surface area contributed by atoms with Gasteiger partial charge in [0, 0.05) is 7.11 Å². The minimum Gasteiger partial charge on any atom is -0.382 e. The largest absolute Gasteiger partial charge is 0.382 e. The summed E-state index contributed by atoms with van der Waals surface area (Å²) in [6, 6.07) is 7.34. The van der Waals surface area contributed by atoms with Crippen LogP contribution in [0.5, 0.6) is 0 Å². The van der Waals surface area contributed by atoms with Crippen LogP contribution in [0.1, 0.15) is 0 Å². The molecule has 0 aliphatic carbocycles. The molecule has 2 rings (SSSR count). The predicted molar refractivity (Wildman–Crippen MR) is 72.7 cm³/mol. The van der Waals surface area contributed by atoms with E-state index >= 15 is 0 Å². The van der Waals surface area contributed by atoms with Gasteiger partial charge < -0.3 is 14.8 Å². The number of hydrogen-bond donors (Lipinski definition) is 1. The van der Waals surface area contributed by atoms with Gasteiger partial charge in [-0.1, -0.05) is 12.1 Å². The summed E-state index contributed by atoms with van der Waals surface area (Å²) in [4.78, 5) is 15.7. The maximum atomic E-state index is 11.8. The van der Waals surface area contributed by atoms with E-state index in [0.29, 0.717) is 18.9 Å². The Labute approximate surface area is 116 Å². The average molecular weight is 276 g/mol. The molecule has 1 heterocycles. The molecule has 0 atom stereocenters. The number of nitrogens with zero attached hydrogens (tertiary/aromatic N) is 3. The van der Waals surface area contributed by atoms with Crippen molar-refractivity contribution in [2.45, 2.75) is 0 Å². The number of aromatic nitrogens is 3. The van der Waals surface area contributed by atoms with E-state index in [1.54, 1.807) is 24.2 Å². The van der Waals surface area contributed by atoms with E-state index in [0.717, 1.165) is 5.69 Å². The van der Waals surface area contributed by atoms with Crippen molar-refractivity contribution in [2.24, 2.45) is 0 Å². The highest BCUT2D eigenvalue weighted by Crippen LogP contribution is 2.18. The first-order valence-corrected chi connectivity index (χ1v) is 6.12. The third-order valence-corrected chi connectivity index (χ3v) is 2.51. The number of ether oxygens (including phenoxy) is 2. The van der Waals surface area contributed by atoms with Crippen LogP contribution >= 0.6 is 0 Å². The smallest absolute Gasteiger partial charge is 0.250 e. The SMILES string of the molecule is COCCOCC(=O)Nc1ccccc1-n1cncn1. The van der Waals surface area contributed by atoms with Crippen LogP contribution in [-0.2, 0) is 14.3 Å². The minimum absolute atomic E-state index is 0.0188. The fourth-order valence-corrected chi connectivity index (χ4v) is 1.61. The summed E-state index contributed by atoms with van der Waals surface area (Å²) in [5, 5.41) is 6.83. The van der Waals surface area contributed by atoms with E-state index in [1.807, 2.05) is 18.2 Å². The van der Waals surface area contributed by atoms with Crippen LogP contribution < -0.4 is 5.32 Å². The number of anilines is 1. The molecule has 7 nitrogen and oxygen atoms in total. The lowest BCUT2D eigenvalue weighted by atomic mass is 10.2. The molecule has 1 aromatic heterocycles. The number of para-hydroxylation sites is 2. The molecule has 20 heavy (non-hydrogen) atoms. The Morgan fingerprint density at radius 1 is 1.35 bits per heavy atom. The third-order valence-electron chi connectivity index (χ3n) is 2.51. The Balaban J connectivity index is 1.97. The molecule has 0 fully saturated rings. The lowest BCUT2D eigenvalue weighted by Gasteiger charge is -2.10. The summed E-state index contributed by atoms with van der Waals surface area (Å²) in [5.41, 5.74) is 1.40. The number of hydrogen-bond acceptors (Lipinski definition) is 5. The van der Waals surface area contributed by atoms with Gasteiger partial charge in [-0.25, -0.2) is 9.67 Å². The number of rotatable bonds is 7. The first-order chi connectivity index (χ1) is 9.81. The highest BCUT2D eigenvalue weighted by Gasteiger charge is 2.08. The van der Waals surface area contributed by atoms with Crippen molar-refractivity contribution in [3.8, 4) is 5.69 Å². The zero-order valence-corrected chi connectivity index (χ0v) is 11.2. The van der Waals surface area contributed by atoms with Crippen molar-refractivity contribution in [3.63, 3.8) is 0 Å². The van der Waals surface area contributed by atoms with Crippen molar-refractivity contribution in [2.75, 3.05) is 32.2 Å². The first-order valence-electron chi connectivity index (χ1n) is 6.12. The molecule has 0 aliphatic heterocycles. The molecule has 0 spiro atoms. The summed E-state index contributed by atoms with van der Waals surface area (Å²) in [6.07, 6.45) is 3.01. The predicted octanol–water partition coefficient (Wildman–Crippen LogP) is 0.869. The maximum Gasteiger partial charge on any atom is 0.250 e. The lowest BCUT2D eigenvalue weighted by Crippen LogP contribution is -2.20. The zero-order chi connectivity index (χ0) is 14.2. The summed E-state index contributed by atoms with van der Waals surface area (Å²) in [5.74, 6) is -0.228.